The summed E-state index contributed by atoms with van der Waals surface area (Å²) in [6.45, 7) is 8.95. The topological polar surface area (TPSA) is 12.0 Å². The Balaban J connectivity index is 2.38. The molecule has 0 saturated carbocycles. The Morgan fingerprint density at radius 1 is 1.06 bits per heavy atom. The molecule has 0 aliphatic heterocycles. The maximum absolute atomic E-state index is 13.5. The summed E-state index contributed by atoms with van der Waals surface area (Å²) >= 11 is 0. The molecule has 0 amide bonds. The van der Waals surface area contributed by atoms with E-state index in [1.54, 1.807) is 13.0 Å². The summed E-state index contributed by atoms with van der Waals surface area (Å²) in [6.07, 6.45) is 2.57. The third-order valence-corrected chi connectivity index (χ3v) is 2.86. The smallest absolute Gasteiger partial charge is 0.129 e. The average molecular weight is 255 g/mol. The first-order valence-electron chi connectivity index (χ1n) is 6.49. The molecule has 3 heteroatoms. The van der Waals surface area contributed by atoms with Crippen LogP contribution in [0.5, 0.6) is 0 Å². The normalized spacial score (nSPS) is 11.9. The number of unbranched alkanes of at least 4 members (excludes halogenated alkanes) is 1. The van der Waals surface area contributed by atoms with Gasteiger partial charge in [0.15, 0.2) is 0 Å². The minimum absolute atomic E-state index is 0.123. The largest absolute Gasteiger partial charge is 0.312 e. The molecule has 102 valence electrons. The van der Waals surface area contributed by atoms with Crippen molar-refractivity contribution in [2.45, 2.75) is 52.5 Å². The van der Waals surface area contributed by atoms with Crippen LogP contribution in [0.25, 0.3) is 0 Å². The first-order chi connectivity index (χ1) is 8.29. The maximum Gasteiger partial charge on any atom is 0.129 e. The van der Waals surface area contributed by atoms with Crippen LogP contribution in [0.4, 0.5) is 8.78 Å². The molecule has 0 aromatic heterocycles. The zero-order valence-corrected chi connectivity index (χ0v) is 11.7. The molecular formula is C15H23F2N. The van der Waals surface area contributed by atoms with Gasteiger partial charge in [-0.15, -0.1) is 0 Å². The van der Waals surface area contributed by atoms with E-state index in [-0.39, 0.29) is 5.54 Å². The number of nitrogens with one attached hydrogen (secondary N) is 1. The van der Waals surface area contributed by atoms with E-state index >= 15 is 0 Å². The number of rotatable bonds is 5. The average Bonchev–Trinajstić information content (AvgIpc) is 2.23. The standard InChI is InChI=1S/C15H23F2N/c1-11-9-12(14(17)10-13(11)16)7-5-6-8-18-15(2,3)4/h9-10,18H,5-8H2,1-4H3. The third kappa shape index (κ3) is 5.13. The summed E-state index contributed by atoms with van der Waals surface area (Å²) in [7, 11) is 0. The van der Waals surface area contributed by atoms with E-state index in [4.69, 9.17) is 0 Å². The van der Waals surface area contributed by atoms with Gasteiger partial charge in [-0.25, -0.2) is 8.78 Å². The van der Waals surface area contributed by atoms with Crippen molar-refractivity contribution in [3.8, 4) is 0 Å². The van der Waals surface area contributed by atoms with Crippen LogP contribution in [0.2, 0.25) is 0 Å². The Labute approximate surface area is 109 Å². The summed E-state index contributed by atoms with van der Waals surface area (Å²) in [6, 6.07) is 2.60. The lowest BCUT2D eigenvalue weighted by molar-refractivity contribution is 0.418. The number of hydrogen-bond acceptors (Lipinski definition) is 1. The van der Waals surface area contributed by atoms with Gasteiger partial charge in [-0.1, -0.05) is 6.07 Å². The number of aryl methyl sites for hydroxylation is 2. The van der Waals surface area contributed by atoms with Crippen molar-refractivity contribution in [2.24, 2.45) is 0 Å². The van der Waals surface area contributed by atoms with Crippen molar-refractivity contribution in [3.63, 3.8) is 0 Å². The fourth-order valence-corrected chi connectivity index (χ4v) is 1.81. The van der Waals surface area contributed by atoms with Gasteiger partial charge in [0.05, 0.1) is 0 Å². The van der Waals surface area contributed by atoms with Gasteiger partial charge in [-0.2, -0.15) is 0 Å². The highest BCUT2D eigenvalue weighted by atomic mass is 19.1. The van der Waals surface area contributed by atoms with Crippen LogP contribution in [0.1, 0.15) is 44.7 Å². The second-order valence-corrected chi connectivity index (χ2v) is 5.83. The van der Waals surface area contributed by atoms with Crippen LogP contribution in [0, 0.1) is 18.6 Å². The summed E-state index contributed by atoms with van der Waals surface area (Å²) in [5, 5.41) is 3.39. The minimum Gasteiger partial charge on any atom is -0.312 e. The molecule has 0 atom stereocenters. The fraction of sp³-hybridized carbons (Fsp3) is 0.600. The fourth-order valence-electron chi connectivity index (χ4n) is 1.81. The monoisotopic (exact) mass is 255 g/mol. The lowest BCUT2D eigenvalue weighted by Gasteiger charge is -2.20. The zero-order valence-electron chi connectivity index (χ0n) is 11.7. The van der Waals surface area contributed by atoms with Gasteiger partial charge in [0, 0.05) is 11.6 Å². The van der Waals surface area contributed by atoms with E-state index in [1.165, 1.54) is 0 Å². The van der Waals surface area contributed by atoms with Crippen LogP contribution in [-0.4, -0.2) is 12.1 Å². The van der Waals surface area contributed by atoms with E-state index in [9.17, 15) is 8.78 Å². The Morgan fingerprint density at radius 3 is 2.33 bits per heavy atom. The molecule has 0 radical (unpaired) electrons. The van der Waals surface area contributed by atoms with E-state index in [0.717, 1.165) is 25.5 Å². The lowest BCUT2D eigenvalue weighted by Crippen LogP contribution is -2.36. The van der Waals surface area contributed by atoms with Gasteiger partial charge in [0.25, 0.3) is 0 Å². The molecule has 0 heterocycles. The van der Waals surface area contributed by atoms with Gasteiger partial charge in [0.1, 0.15) is 11.6 Å². The van der Waals surface area contributed by atoms with Crippen molar-refractivity contribution < 1.29 is 8.78 Å². The highest BCUT2D eigenvalue weighted by Crippen LogP contribution is 2.16. The molecule has 1 nitrogen and oxygen atoms in total. The molecule has 1 rings (SSSR count). The van der Waals surface area contributed by atoms with Crippen LogP contribution >= 0.6 is 0 Å². The third-order valence-electron chi connectivity index (χ3n) is 2.86. The minimum atomic E-state index is -0.467. The number of benzene rings is 1. The first-order valence-corrected chi connectivity index (χ1v) is 6.49. The quantitative estimate of drug-likeness (QED) is 0.785. The van der Waals surface area contributed by atoms with Crippen molar-refractivity contribution in [1.82, 2.24) is 5.32 Å². The molecule has 1 aromatic rings. The molecule has 0 unspecified atom stereocenters. The molecule has 1 aromatic carbocycles. The molecule has 0 fully saturated rings. The lowest BCUT2D eigenvalue weighted by atomic mass is 10.0. The van der Waals surface area contributed by atoms with Crippen molar-refractivity contribution in [3.05, 3.63) is 34.9 Å². The van der Waals surface area contributed by atoms with Crippen molar-refractivity contribution in [1.29, 1.82) is 0 Å². The van der Waals surface area contributed by atoms with Gasteiger partial charge in [-0.05, 0) is 64.6 Å². The first kappa shape index (κ1) is 15.1. The van der Waals surface area contributed by atoms with Gasteiger partial charge < -0.3 is 5.32 Å². The van der Waals surface area contributed by atoms with E-state index in [1.807, 2.05) is 0 Å². The summed E-state index contributed by atoms with van der Waals surface area (Å²) in [4.78, 5) is 0. The van der Waals surface area contributed by atoms with Gasteiger partial charge in [0.2, 0.25) is 0 Å². The Bertz CT molecular complexity index is 394. The molecule has 0 spiro atoms. The van der Waals surface area contributed by atoms with Crippen molar-refractivity contribution in [2.75, 3.05) is 6.54 Å². The summed E-state index contributed by atoms with van der Waals surface area (Å²) < 4.78 is 26.6. The molecule has 0 saturated heterocycles. The second kappa shape index (κ2) is 6.28. The van der Waals surface area contributed by atoms with E-state index in [2.05, 4.69) is 26.1 Å². The van der Waals surface area contributed by atoms with E-state index in [0.29, 0.717) is 17.5 Å². The molecule has 1 N–H and O–H groups in total. The molecule has 0 aliphatic carbocycles. The molecular weight excluding hydrogens is 232 g/mol. The highest BCUT2D eigenvalue weighted by Gasteiger charge is 2.09. The Morgan fingerprint density at radius 2 is 1.72 bits per heavy atom. The number of halogens is 2. The summed E-state index contributed by atoms with van der Waals surface area (Å²) in [5.41, 5.74) is 1.25. The molecule has 18 heavy (non-hydrogen) atoms. The van der Waals surface area contributed by atoms with Gasteiger partial charge in [-0.3, -0.25) is 0 Å². The van der Waals surface area contributed by atoms with Crippen LogP contribution < -0.4 is 5.32 Å². The van der Waals surface area contributed by atoms with Crippen LogP contribution in [-0.2, 0) is 6.42 Å². The molecule has 0 aliphatic rings. The van der Waals surface area contributed by atoms with Crippen LogP contribution in [0.3, 0.4) is 0 Å². The highest BCUT2D eigenvalue weighted by molar-refractivity contribution is 5.25. The summed E-state index contributed by atoms with van der Waals surface area (Å²) in [5.74, 6) is -0.896. The van der Waals surface area contributed by atoms with E-state index < -0.39 is 11.6 Å². The number of hydrogen-bond donors (Lipinski definition) is 1. The van der Waals surface area contributed by atoms with Crippen molar-refractivity contribution >= 4 is 0 Å². The Hall–Kier alpha value is -0.960. The zero-order chi connectivity index (χ0) is 13.8. The SMILES string of the molecule is Cc1cc(CCCCNC(C)(C)C)c(F)cc1F. The molecule has 0 bridgehead atoms. The second-order valence-electron chi connectivity index (χ2n) is 5.83. The maximum atomic E-state index is 13.5. The predicted octanol–water partition coefficient (Wildman–Crippen LogP) is 3.98. The Kier molecular flexibility index (Phi) is 5.27. The van der Waals surface area contributed by atoms with Gasteiger partial charge >= 0.3 is 0 Å². The predicted molar refractivity (Wildman–Crippen MR) is 71.8 cm³/mol. The van der Waals surface area contributed by atoms with Crippen LogP contribution in [0.15, 0.2) is 12.1 Å².